The van der Waals surface area contributed by atoms with Crippen LogP contribution < -0.4 is 0 Å². The topological polar surface area (TPSA) is 83.9 Å². The molecule has 0 aliphatic rings. The molecular formula is C15H19NO5. The Balaban J connectivity index is 2.87. The van der Waals surface area contributed by atoms with E-state index in [4.69, 9.17) is 4.74 Å². The molecule has 1 aromatic rings. The van der Waals surface area contributed by atoms with Crippen LogP contribution in [-0.4, -0.2) is 54.0 Å². The van der Waals surface area contributed by atoms with E-state index in [1.807, 2.05) is 0 Å². The lowest BCUT2D eigenvalue weighted by Gasteiger charge is -2.27. The lowest BCUT2D eigenvalue weighted by Crippen LogP contribution is -2.47. The fourth-order valence-electron chi connectivity index (χ4n) is 1.95. The number of rotatable bonds is 8. The van der Waals surface area contributed by atoms with Gasteiger partial charge in [-0.25, -0.2) is 4.79 Å². The molecule has 0 aliphatic heterocycles. The highest BCUT2D eigenvalue weighted by atomic mass is 16.5. The second kappa shape index (κ2) is 8.16. The van der Waals surface area contributed by atoms with E-state index < -0.39 is 17.9 Å². The summed E-state index contributed by atoms with van der Waals surface area (Å²) in [6, 6.07) is 7.39. The molecule has 0 bridgehead atoms. The highest BCUT2D eigenvalue weighted by Crippen LogP contribution is 2.09. The Kier molecular flexibility index (Phi) is 6.55. The number of ether oxygens (including phenoxy) is 1. The molecule has 0 saturated carbocycles. The lowest BCUT2D eigenvalue weighted by molar-refractivity contribution is -0.149. The van der Waals surface area contributed by atoms with Crippen LogP contribution >= 0.6 is 0 Å². The number of nitrogens with zero attached hydrogens (tertiary/aromatic N) is 1. The van der Waals surface area contributed by atoms with Gasteiger partial charge in [0.05, 0.1) is 6.54 Å². The van der Waals surface area contributed by atoms with Crippen molar-refractivity contribution in [3.8, 4) is 0 Å². The molecule has 1 rings (SSSR count). The van der Waals surface area contributed by atoms with Crippen molar-refractivity contribution < 1.29 is 24.2 Å². The Morgan fingerprint density at radius 2 is 1.86 bits per heavy atom. The summed E-state index contributed by atoms with van der Waals surface area (Å²) in [7, 11) is 1.45. The second-order valence-corrected chi connectivity index (χ2v) is 4.57. The number of hydrogen-bond acceptors (Lipinski definition) is 4. The van der Waals surface area contributed by atoms with Gasteiger partial charge >= 0.3 is 5.97 Å². The molecule has 0 spiro atoms. The molecule has 1 aromatic carbocycles. The Morgan fingerprint density at radius 3 is 2.33 bits per heavy atom. The number of aliphatic carboxylic acids is 1. The smallest absolute Gasteiger partial charge is 0.326 e. The summed E-state index contributed by atoms with van der Waals surface area (Å²) in [6.07, 6.45) is 0.132. The fourth-order valence-corrected chi connectivity index (χ4v) is 1.95. The minimum Gasteiger partial charge on any atom is -0.480 e. The molecule has 0 fully saturated rings. The van der Waals surface area contributed by atoms with Crippen molar-refractivity contribution in [3.63, 3.8) is 0 Å². The number of hydrogen-bond donors (Lipinski definition) is 1. The molecular weight excluding hydrogens is 274 g/mol. The highest BCUT2D eigenvalue weighted by Gasteiger charge is 2.29. The van der Waals surface area contributed by atoms with Gasteiger partial charge in [0, 0.05) is 32.6 Å². The molecule has 1 amide bonds. The maximum atomic E-state index is 12.1. The summed E-state index contributed by atoms with van der Waals surface area (Å²) in [5, 5.41) is 9.24. The first-order valence-corrected chi connectivity index (χ1v) is 6.54. The molecule has 114 valence electrons. The van der Waals surface area contributed by atoms with Gasteiger partial charge in [-0.1, -0.05) is 30.3 Å². The number of amides is 1. The minimum atomic E-state index is -1.15. The van der Waals surface area contributed by atoms with Crippen LogP contribution in [0.4, 0.5) is 0 Å². The zero-order valence-electron chi connectivity index (χ0n) is 12.1. The first-order chi connectivity index (χ1) is 9.97. The van der Waals surface area contributed by atoms with Crippen LogP contribution in [0.2, 0.25) is 0 Å². The molecule has 1 N–H and O–H groups in total. The average molecular weight is 293 g/mol. The SMILES string of the molecule is COCCC(C(=O)O)N(CC(=O)c1ccccc1)C(C)=O. The number of benzene rings is 1. The van der Waals surface area contributed by atoms with Crippen LogP contribution in [0.1, 0.15) is 23.7 Å². The van der Waals surface area contributed by atoms with E-state index >= 15 is 0 Å². The van der Waals surface area contributed by atoms with Gasteiger partial charge in [-0.2, -0.15) is 0 Å². The zero-order valence-corrected chi connectivity index (χ0v) is 12.1. The van der Waals surface area contributed by atoms with Crippen molar-refractivity contribution in [1.82, 2.24) is 4.90 Å². The molecule has 0 saturated heterocycles. The van der Waals surface area contributed by atoms with E-state index in [0.29, 0.717) is 5.56 Å². The van der Waals surface area contributed by atoms with Gasteiger partial charge in [0.1, 0.15) is 6.04 Å². The van der Waals surface area contributed by atoms with E-state index in [9.17, 15) is 19.5 Å². The summed E-state index contributed by atoms with van der Waals surface area (Å²) in [5.41, 5.74) is 0.444. The first kappa shape index (κ1) is 16.8. The Labute approximate surface area is 123 Å². The third kappa shape index (κ3) is 5.00. The third-order valence-corrected chi connectivity index (χ3v) is 3.07. The van der Waals surface area contributed by atoms with Crippen molar-refractivity contribution in [3.05, 3.63) is 35.9 Å². The molecule has 1 atom stereocenters. The van der Waals surface area contributed by atoms with Crippen LogP contribution in [0.15, 0.2) is 30.3 Å². The predicted molar refractivity (Wildman–Crippen MR) is 76.1 cm³/mol. The molecule has 0 heterocycles. The number of carbonyl (C=O) groups excluding carboxylic acids is 2. The number of Topliss-reactive ketones (excluding diaryl/α,β-unsaturated/α-hetero) is 1. The first-order valence-electron chi connectivity index (χ1n) is 6.54. The van der Waals surface area contributed by atoms with E-state index in [2.05, 4.69) is 0 Å². The van der Waals surface area contributed by atoms with Crippen LogP contribution in [0, 0.1) is 0 Å². The normalized spacial score (nSPS) is 11.7. The highest BCUT2D eigenvalue weighted by molar-refractivity contribution is 5.99. The van der Waals surface area contributed by atoms with E-state index in [-0.39, 0.29) is 25.4 Å². The minimum absolute atomic E-state index is 0.132. The van der Waals surface area contributed by atoms with Crippen molar-refractivity contribution in [2.75, 3.05) is 20.3 Å². The monoisotopic (exact) mass is 293 g/mol. The molecule has 0 radical (unpaired) electrons. The molecule has 0 aromatic heterocycles. The third-order valence-electron chi connectivity index (χ3n) is 3.07. The molecule has 21 heavy (non-hydrogen) atoms. The van der Waals surface area contributed by atoms with Gasteiger partial charge < -0.3 is 14.7 Å². The number of ketones is 1. The summed E-state index contributed by atoms with van der Waals surface area (Å²) >= 11 is 0. The van der Waals surface area contributed by atoms with E-state index in [1.165, 1.54) is 14.0 Å². The van der Waals surface area contributed by atoms with Crippen molar-refractivity contribution in [1.29, 1.82) is 0 Å². The molecule has 1 unspecified atom stereocenters. The van der Waals surface area contributed by atoms with Gasteiger partial charge in [-0.15, -0.1) is 0 Å². The van der Waals surface area contributed by atoms with Crippen molar-refractivity contribution in [2.24, 2.45) is 0 Å². The van der Waals surface area contributed by atoms with Gasteiger partial charge in [0.25, 0.3) is 0 Å². The van der Waals surface area contributed by atoms with Crippen LogP contribution in [0.25, 0.3) is 0 Å². The van der Waals surface area contributed by atoms with Crippen LogP contribution in [0.5, 0.6) is 0 Å². The largest absolute Gasteiger partial charge is 0.480 e. The van der Waals surface area contributed by atoms with E-state index in [1.54, 1.807) is 30.3 Å². The van der Waals surface area contributed by atoms with Gasteiger partial charge in [-0.3, -0.25) is 9.59 Å². The lowest BCUT2D eigenvalue weighted by atomic mass is 10.1. The number of methoxy groups -OCH3 is 1. The maximum absolute atomic E-state index is 12.1. The fraction of sp³-hybridized carbons (Fsp3) is 0.400. The van der Waals surface area contributed by atoms with Gasteiger partial charge in [0.2, 0.25) is 5.91 Å². The summed E-state index contributed by atoms with van der Waals surface area (Å²) in [5.74, 6) is -1.90. The number of carboxylic acids is 1. The number of carbonyl (C=O) groups is 3. The Hall–Kier alpha value is -2.21. The summed E-state index contributed by atoms with van der Waals surface area (Å²) < 4.78 is 4.86. The van der Waals surface area contributed by atoms with Crippen molar-refractivity contribution >= 4 is 17.7 Å². The Morgan fingerprint density at radius 1 is 1.24 bits per heavy atom. The Bertz CT molecular complexity index is 500. The van der Waals surface area contributed by atoms with Gasteiger partial charge in [-0.05, 0) is 0 Å². The summed E-state index contributed by atoms with van der Waals surface area (Å²) in [6.45, 7) is 1.18. The molecule has 6 heteroatoms. The number of carboxylic acid groups (broad SMARTS) is 1. The predicted octanol–water partition coefficient (Wildman–Crippen LogP) is 1.21. The standard InChI is InChI=1S/C15H19NO5/c1-11(17)16(13(15(19)20)8-9-21-2)10-14(18)12-6-4-3-5-7-12/h3-7,13H,8-10H2,1-2H3,(H,19,20). The molecule has 0 aliphatic carbocycles. The van der Waals surface area contributed by atoms with Gasteiger partial charge in [0.15, 0.2) is 5.78 Å². The maximum Gasteiger partial charge on any atom is 0.326 e. The van der Waals surface area contributed by atoms with Crippen molar-refractivity contribution in [2.45, 2.75) is 19.4 Å². The second-order valence-electron chi connectivity index (χ2n) is 4.57. The average Bonchev–Trinajstić information content (AvgIpc) is 2.46. The van der Waals surface area contributed by atoms with E-state index in [0.717, 1.165) is 4.90 Å². The summed E-state index contributed by atoms with van der Waals surface area (Å²) in [4.78, 5) is 36.2. The molecule has 6 nitrogen and oxygen atoms in total. The van der Waals surface area contributed by atoms with Crippen LogP contribution in [0.3, 0.4) is 0 Å². The van der Waals surface area contributed by atoms with Crippen LogP contribution in [-0.2, 0) is 14.3 Å². The quantitative estimate of drug-likeness (QED) is 0.728. The zero-order chi connectivity index (χ0) is 15.8.